The molecule has 2 aromatic rings. The molecule has 0 bridgehead atoms. The lowest BCUT2D eigenvalue weighted by Gasteiger charge is -2.26. The predicted octanol–water partition coefficient (Wildman–Crippen LogP) is 1.70. The number of nitrogen functional groups attached to an aromatic ring is 1. The zero-order valence-corrected chi connectivity index (χ0v) is 11.2. The Morgan fingerprint density at radius 1 is 1.33 bits per heavy atom. The van der Waals surface area contributed by atoms with Gasteiger partial charge in [0.05, 0.1) is 18.9 Å². The molecular weight excluding hydrogens is 276 g/mol. The molecule has 2 aromatic heterocycles. The highest BCUT2D eigenvalue weighted by atomic mass is 35.5. The summed E-state index contributed by atoms with van der Waals surface area (Å²) in [6.45, 7) is 2.78. The fraction of sp³-hybridized carbons (Fsp3) is 0.364. The second kappa shape index (κ2) is 5.17. The Balaban J connectivity index is 0.00000120. The first-order valence-electron chi connectivity index (χ1n) is 5.39. The number of fused-ring (bicyclic) bond motifs is 1. The summed E-state index contributed by atoms with van der Waals surface area (Å²) >= 11 is 1.32. The van der Waals surface area contributed by atoms with Gasteiger partial charge in [0.25, 0.3) is 0 Å². The quantitative estimate of drug-likeness (QED) is 0.865. The Hall–Kier alpha value is -1.24. The summed E-state index contributed by atoms with van der Waals surface area (Å²) in [5.41, 5.74) is 6.77. The summed E-state index contributed by atoms with van der Waals surface area (Å²) in [4.78, 5) is 13.9. The second-order valence-electron chi connectivity index (χ2n) is 3.90. The number of thiophene rings is 1. The van der Waals surface area contributed by atoms with Gasteiger partial charge >= 0.3 is 0 Å². The Morgan fingerprint density at radius 2 is 2.06 bits per heavy atom. The molecule has 0 amide bonds. The molecule has 1 saturated heterocycles. The van der Waals surface area contributed by atoms with E-state index in [1.165, 1.54) is 17.4 Å². The number of ether oxygens (including phenoxy) is 1. The van der Waals surface area contributed by atoms with Crippen molar-refractivity contribution in [2.24, 2.45) is 0 Å². The molecule has 18 heavy (non-hydrogen) atoms. The van der Waals surface area contributed by atoms with Crippen LogP contribution in [0.15, 0.2) is 20.7 Å². The molecule has 3 heterocycles. The molecule has 0 atom stereocenters. The molecule has 7 heteroatoms. The number of nitrogens with two attached hydrogens (primary N) is 1. The molecule has 1 aliphatic heterocycles. The van der Waals surface area contributed by atoms with E-state index >= 15 is 0 Å². The predicted molar refractivity (Wildman–Crippen MR) is 75.1 cm³/mol. The van der Waals surface area contributed by atoms with E-state index in [4.69, 9.17) is 14.9 Å². The van der Waals surface area contributed by atoms with Crippen molar-refractivity contribution < 1.29 is 9.15 Å². The van der Waals surface area contributed by atoms with E-state index in [2.05, 4.69) is 0 Å². The number of morpholine rings is 1. The highest BCUT2D eigenvalue weighted by Crippen LogP contribution is 2.28. The number of hydrogen-bond acceptors (Lipinski definition) is 6. The van der Waals surface area contributed by atoms with Crippen molar-refractivity contribution in [3.63, 3.8) is 0 Å². The van der Waals surface area contributed by atoms with Gasteiger partial charge in [-0.3, -0.25) is 4.79 Å². The van der Waals surface area contributed by atoms with Crippen molar-refractivity contribution in [1.29, 1.82) is 0 Å². The van der Waals surface area contributed by atoms with Crippen LogP contribution in [0.3, 0.4) is 0 Å². The van der Waals surface area contributed by atoms with Crippen molar-refractivity contribution in [2.75, 3.05) is 36.9 Å². The Labute approximate surface area is 114 Å². The maximum Gasteiger partial charge on any atom is 0.204 e. The van der Waals surface area contributed by atoms with Crippen LogP contribution < -0.4 is 16.1 Å². The van der Waals surface area contributed by atoms with Gasteiger partial charge in [-0.1, -0.05) is 0 Å². The molecule has 5 nitrogen and oxygen atoms in total. The first kappa shape index (κ1) is 13.2. The fourth-order valence-corrected chi connectivity index (χ4v) is 2.68. The lowest BCUT2D eigenvalue weighted by atomic mass is 10.3. The normalized spacial score (nSPS) is 15.7. The van der Waals surface area contributed by atoms with Gasteiger partial charge in [-0.05, 0) is 0 Å². The lowest BCUT2D eigenvalue weighted by Crippen LogP contribution is -2.36. The SMILES string of the molecule is Cl.Nc1csc2c(=O)cc(N3CCOCC3)oc12. The molecular formula is C11H13ClN2O3S. The monoisotopic (exact) mass is 288 g/mol. The van der Waals surface area contributed by atoms with Crippen LogP contribution in [0.1, 0.15) is 0 Å². The third kappa shape index (κ3) is 2.19. The summed E-state index contributed by atoms with van der Waals surface area (Å²) in [7, 11) is 0. The van der Waals surface area contributed by atoms with Crippen LogP contribution >= 0.6 is 23.7 Å². The van der Waals surface area contributed by atoms with Gasteiger partial charge in [0.2, 0.25) is 5.43 Å². The molecule has 0 aromatic carbocycles. The van der Waals surface area contributed by atoms with Crippen molar-refractivity contribution in [3.05, 3.63) is 21.7 Å². The van der Waals surface area contributed by atoms with E-state index < -0.39 is 0 Å². The van der Waals surface area contributed by atoms with E-state index in [0.717, 1.165) is 13.1 Å². The molecule has 0 spiro atoms. The molecule has 0 unspecified atom stereocenters. The molecule has 98 valence electrons. The Kier molecular flexibility index (Phi) is 3.79. The number of hydrogen-bond donors (Lipinski definition) is 1. The summed E-state index contributed by atoms with van der Waals surface area (Å²) in [6.07, 6.45) is 0. The average molecular weight is 289 g/mol. The maximum absolute atomic E-state index is 11.9. The summed E-state index contributed by atoms with van der Waals surface area (Å²) < 4.78 is 11.6. The fourth-order valence-electron chi connectivity index (χ4n) is 1.89. The molecule has 0 aliphatic carbocycles. The van der Waals surface area contributed by atoms with Gasteiger partial charge in [0.15, 0.2) is 11.5 Å². The smallest absolute Gasteiger partial charge is 0.204 e. The first-order chi connectivity index (χ1) is 8.25. The Morgan fingerprint density at radius 3 is 2.78 bits per heavy atom. The van der Waals surface area contributed by atoms with E-state index in [9.17, 15) is 4.79 Å². The van der Waals surface area contributed by atoms with Crippen molar-refractivity contribution in [3.8, 4) is 0 Å². The van der Waals surface area contributed by atoms with Crippen molar-refractivity contribution in [1.82, 2.24) is 0 Å². The number of nitrogens with zero attached hydrogens (tertiary/aromatic N) is 1. The van der Waals surface area contributed by atoms with Crippen LogP contribution in [0.4, 0.5) is 11.6 Å². The topological polar surface area (TPSA) is 68.7 Å². The van der Waals surface area contributed by atoms with Crippen LogP contribution in [-0.4, -0.2) is 26.3 Å². The van der Waals surface area contributed by atoms with Gasteiger partial charge in [0.1, 0.15) is 4.70 Å². The highest BCUT2D eigenvalue weighted by Gasteiger charge is 2.16. The van der Waals surface area contributed by atoms with Crippen LogP contribution in [0, 0.1) is 0 Å². The Bertz CT molecular complexity index is 604. The summed E-state index contributed by atoms with van der Waals surface area (Å²) in [6, 6.07) is 1.53. The van der Waals surface area contributed by atoms with Crippen LogP contribution in [0.2, 0.25) is 0 Å². The van der Waals surface area contributed by atoms with Gasteiger partial charge < -0.3 is 19.8 Å². The third-order valence-electron chi connectivity index (χ3n) is 2.78. The zero-order chi connectivity index (χ0) is 11.8. The van der Waals surface area contributed by atoms with E-state index in [-0.39, 0.29) is 17.8 Å². The van der Waals surface area contributed by atoms with E-state index in [1.807, 2.05) is 4.90 Å². The highest BCUT2D eigenvalue weighted by molar-refractivity contribution is 7.17. The van der Waals surface area contributed by atoms with Crippen LogP contribution in [-0.2, 0) is 4.74 Å². The third-order valence-corrected chi connectivity index (χ3v) is 3.77. The zero-order valence-electron chi connectivity index (χ0n) is 9.55. The number of anilines is 2. The average Bonchev–Trinajstić information content (AvgIpc) is 2.73. The van der Waals surface area contributed by atoms with Gasteiger partial charge in [0, 0.05) is 24.5 Å². The molecule has 0 radical (unpaired) electrons. The second-order valence-corrected chi connectivity index (χ2v) is 4.78. The van der Waals surface area contributed by atoms with Gasteiger partial charge in [-0.25, -0.2) is 0 Å². The van der Waals surface area contributed by atoms with Gasteiger partial charge in [-0.15, -0.1) is 23.7 Å². The van der Waals surface area contributed by atoms with Crippen LogP contribution in [0.5, 0.6) is 0 Å². The summed E-state index contributed by atoms with van der Waals surface area (Å²) in [5, 5.41) is 1.73. The van der Waals surface area contributed by atoms with E-state index in [0.29, 0.717) is 35.1 Å². The standard InChI is InChI=1S/C11H12N2O3S.ClH/c12-7-6-17-11-8(14)5-9(16-10(7)11)13-1-3-15-4-2-13;/h5-6H,1-4,12H2;1H. The molecule has 0 saturated carbocycles. The van der Waals surface area contributed by atoms with E-state index in [1.54, 1.807) is 5.38 Å². The minimum absolute atomic E-state index is 0. The minimum atomic E-state index is -0.0329. The van der Waals surface area contributed by atoms with Gasteiger partial charge in [-0.2, -0.15) is 0 Å². The maximum atomic E-state index is 11.9. The molecule has 3 rings (SSSR count). The molecule has 2 N–H and O–H groups in total. The summed E-state index contributed by atoms with van der Waals surface area (Å²) in [5.74, 6) is 0.580. The van der Waals surface area contributed by atoms with Crippen LogP contribution in [0.25, 0.3) is 10.3 Å². The lowest BCUT2D eigenvalue weighted by molar-refractivity contribution is 0.121. The number of halogens is 1. The molecule has 1 fully saturated rings. The van der Waals surface area contributed by atoms with Crippen molar-refractivity contribution in [2.45, 2.75) is 0 Å². The largest absolute Gasteiger partial charge is 0.437 e. The molecule has 1 aliphatic rings. The minimum Gasteiger partial charge on any atom is -0.437 e. The number of rotatable bonds is 1. The van der Waals surface area contributed by atoms with Crippen molar-refractivity contribution >= 4 is 45.6 Å². The first-order valence-corrected chi connectivity index (χ1v) is 6.27.